The number of sulfonamides is 1. The van der Waals surface area contributed by atoms with E-state index >= 15 is 0 Å². The number of fused-ring (bicyclic) bond motifs is 1. The minimum Gasteiger partial charge on any atom is -0.462 e. The van der Waals surface area contributed by atoms with Gasteiger partial charge in [0.15, 0.2) is 0 Å². The molecule has 0 atom stereocenters. The highest BCUT2D eigenvalue weighted by Gasteiger charge is 2.30. The zero-order valence-electron chi connectivity index (χ0n) is 19.0. The number of nitrogens with zero attached hydrogens (tertiary/aromatic N) is 2. The summed E-state index contributed by atoms with van der Waals surface area (Å²) in [7, 11) is -3.60. The zero-order chi connectivity index (χ0) is 24.3. The first-order valence-corrected chi connectivity index (χ1v) is 14.0. The second kappa shape index (κ2) is 10.7. The topological polar surface area (TPSA) is 96.0 Å². The van der Waals surface area contributed by atoms with Crippen molar-refractivity contribution in [2.75, 3.05) is 44.6 Å². The number of esters is 1. The fourth-order valence-corrected chi connectivity index (χ4v) is 7.17. The summed E-state index contributed by atoms with van der Waals surface area (Å²) in [5.74, 6) is -0.614. The number of carbonyl (C=O) groups is 2. The van der Waals surface area contributed by atoms with E-state index < -0.39 is 16.0 Å². The molecule has 1 saturated heterocycles. The normalized spacial score (nSPS) is 17.2. The Balaban J connectivity index is 1.37. The van der Waals surface area contributed by atoms with Crippen LogP contribution in [0, 0.1) is 0 Å². The molecule has 11 heteroatoms. The number of hydrogen-bond donors (Lipinski definition) is 1. The van der Waals surface area contributed by atoms with Gasteiger partial charge in [-0.15, -0.1) is 11.3 Å². The SMILES string of the molecule is CCOC(=O)c1c(NC(=O)CN2CCN(S(=O)(=O)c3ccc(Cl)cc3)CC2)sc2c1CCCC2. The van der Waals surface area contributed by atoms with E-state index in [1.807, 2.05) is 4.90 Å². The van der Waals surface area contributed by atoms with Gasteiger partial charge in [-0.2, -0.15) is 4.31 Å². The van der Waals surface area contributed by atoms with Crippen molar-refractivity contribution in [1.29, 1.82) is 0 Å². The van der Waals surface area contributed by atoms with Crippen LogP contribution < -0.4 is 5.32 Å². The molecule has 8 nitrogen and oxygen atoms in total. The second-order valence-electron chi connectivity index (χ2n) is 8.32. The minimum absolute atomic E-state index is 0.125. The maximum atomic E-state index is 12.9. The van der Waals surface area contributed by atoms with Crippen LogP contribution >= 0.6 is 22.9 Å². The van der Waals surface area contributed by atoms with E-state index in [1.165, 1.54) is 27.8 Å². The molecule has 1 aliphatic heterocycles. The van der Waals surface area contributed by atoms with Crippen molar-refractivity contribution in [2.45, 2.75) is 37.5 Å². The van der Waals surface area contributed by atoms with E-state index in [0.717, 1.165) is 36.1 Å². The summed E-state index contributed by atoms with van der Waals surface area (Å²) in [6.45, 7) is 3.62. The van der Waals surface area contributed by atoms with Crippen LogP contribution in [0.25, 0.3) is 0 Å². The third-order valence-electron chi connectivity index (χ3n) is 6.05. The van der Waals surface area contributed by atoms with Gasteiger partial charge in [0.1, 0.15) is 5.00 Å². The fourth-order valence-electron chi connectivity index (χ4n) is 4.33. The highest BCUT2D eigenvalue weighted by molar-refractivity contribution is 7.89. The lowest BCUT2D eigenvalue weighted by atomic mass is 9.95. The molecule has 34 heavy (non-hydrogen) atoms. The summed E-state index contributed by atoms with van der Waals surface area (Å²) in [6.07, 6.45) is 3.82. The average molecular weight is 526 g/mol. The number of carbonyl (C=O) groups excluding carboxylic acids is 2. The number of amides is 1. The number of rotatable bonds is 7. The molecule has 1 fully saturated rings. The molecular weight excluding hydrogens is 498 g/mol. The van der Waals surface area contributed by atoms with Crippen molar-refractivity contribution >= 4 is 49.8 Å². The molecule has 2 heterocycles. The van der Waals surface area contributed by atoms with E-state index in [4.69, 9.17) is 16.3 Å². The summed E-state index contributed by atoms with van der Waals surface area (Å²) in [5.41, 5.74) is 1.50. The summed E-state index contributed by atoms with van der Waals surface area (Å²) in [5, 5.41) is 3.95. The van der Waals surface area contributed by atoms with Crippen LogP contribution in [0.4, 0.5) is 5.00 Å². The van der Waals surface area contributed by atoms with Gasteiger partial charge in [-0.05, 0) is 62.4 Å². The van der Waals surface area contributed by atoms with Gasteiger partial charge in [0.05, 0.1) is 23.6 Å². The summed E-state index contributed by atoms with van der Waals surface area (Å²) in [6, 6.07) is 6.11. The Labute approximate surface area is 208 Å². The molecule has 4 rings (SSSR count). The lowest BCUT2D eigenvalue weighted by Crippen LogP contribution is -2.50. The van der Waals surface area contributed by atoms with Gasteiger partial charge in [0.25, 0.3) is 0 Å². The maximum absolute atomic E-state index is 12.9. The Hall–Kier alpha value is -1.98. The number of benzene rings is 1. The highest BCUT2D eigenvalue weighted by atomic mass is 35.5. The molecule has 0 radical (unpaired) electrons. The smallest absolute Gasteiger partial charge is 0.341 e. The van der Waals surface area contributed by atoms with Crippen molar-refractivity contribution in [1.82, 2.24) is 9.21 Å². The van der Waals surface area contributed by atoms with E-state index in [2.05, 4.69) is 5.32 Å². The monoisotopic (exact) mass is 525 g/mol. The van der Waals surface area contributed by atoms with E-state index in [-0.39, 0.29) is 24.0 Å². The van der Waals surface area contributed by atoms with Crippen molar-refractivity contribution in [3.63, 3.8) is 0 Å². The number of anilines is 1. The highest BCUT2D eigenvalue weighted by Crippen LogP contribution is 2.38. The Morgan fingerprint density at radius 1 is 1.09 bits per heavy atom. The quantitative estimate of drug-likeness (QED) is 0.557. The second-order valence-corrected chi connectivity index (χ2v) is 11.8. The first kappa shape index (κ1) is 25.1. The summed E-state index contributed by atoms with van der Waals surface area (Å²) < 4.78 is 32.4. The van der Waals surface area contributed by atoms with Gasteiger partial charge < -0.3 is 10.1 Å². The Morgan fingerprint density at radius 2 is 1.76 bits per heavy atom. The van der Waals surface area contributed by atoms with Crippen LogP contribution in [0.5, 0.6) is 0 Å². The molecule has 0 unspecified atom stereocenters. The summed E-state index contributed by atoms with van der Waals surface area (Å²) in [4.78, 5) is 28.7. The van der Waals surface area contributed by atoms with Crippen LogP contribution in [0.15, 0.2) is 29.2 Å². The molecule has 184 valence electrons. The Kier molecular flexibility index (Phi) is 7.94. The molecular formula is C23H28ClN3O5S2. The van der Waals surface area contributed by atoms with Gasteiger partial charge in [-0.25, -0.2) is 13.2 Å². The Morgan fingerprint density at radius 3 is 2.44 bits per heavy atom. The van der Waals surface area contributed by atoms with Crippen molar-refractivity contribution in [2.24, 2.45) is 0 Å². The fraction of sp³-hybridized carbons (Fsp3) is 0.478. The predicted octanol–water partition coefficient (Wildman–Crippen LogP) is 3.40. The first-order valence-electron chi connectivity index (χ1n) is 11.4. The van der Waals surface area contributed by atoms with Gasteiger partial charge in [0.2, 0.25) is 15.9 Å². The molecule has 1 aromatic heterocycles. The van der Waals surface area contributed by atoms with Gasteiger partial charge >= 0.3 is 5.97 Å². The van der Waals surface area contributed by atoms with Gasteiger partial charge in [-0.3, -0.25) is 9.69 Å². The van der Waals surface area contributed by atoms with Gasteiger partial charge in [-0.1, -0.05) is 11.6 Å². The zero-order valence-corrected chi connectivity index (χ0v) is 21.4. The minimum atomic E-state index is -3.60. The molecule has 1 aliphatic carbocycles. The summed E-state index contributed by atoms with van der Waals surface area (Å²) >= 11 is 7.33. The molecule has 0 spiro atoms. The number of nitrogens with one attached hydrogen (secondary N) is 1. The van der Waals surface area contributed by atoms with Crippen LogP contribution in [-0.2, 0) is 32.4 Å². The van der Waals surface area contributed by atoms with Crippen molar-refractivity contribution in [3.8, 4) is 0 Å². The number of piperazine rings is 1. The maximum Gasteiger partial charge on any atom is 0.341 e. The van der Waals surface area contributed by atoms with E-state index in [9.17, 15) is 18.0 Å². The third-order valence-corrected chi connectivity index (χ3v) is 9.43. The van der Waals surface area contributed by atoms with E-state index in [1.54, 1.807) is 19.1 Å². The van der Waals surface area contributed by atoms with Crippen molar-refractivity contribution in [3.05, 3.63) is 45.3 Å². The molecule has 2 aromatic rings. The Bertz CT molecular complexity index is 1160. The number of ether oxygens (including phenoxy) is 1. The lowest BCUT2D eigenvalue weighted by molar-refractivity contribution is -0.117. The number of thiophene rings is 1. The molecule has 0 bridgehead atoms. The standard InChI is InChI=1S/C23H28ClN3O5S2/c1-2-32-23(29)21-18-5-3-4-6-19(18)33-22(21)25-20(28)15-26-11-13-27(14-12-26)34(30,31)17-9-7-16(24)8-10-17/h7-10H,2-6,11-15H2,1H3,(H,25,28). The van der Waals surface area contributed by atoms with Crippen LogP contribution in [0.3, 0.4) is 0 Å². The molecule has 1 aromatic carbocycles. The molecule has 1 N–H and O–H groups in total. The number of hydrogen-bond acceptors (Lipinski definition) is 7. The number of halogens is 1. The number of aryl methyl sites for hydroxylation is 1. The lowest BCUT2D eigenvalue weighted by Gasteiger charge is -2.33. The molecule has 2 aliphatic rings. The van der Waals surface area contributed by atoms with E-state index in [0.29, 0.717) is 41.8 Å². The molecule has 1 amide bonds. The average Bonchev–Trinajstić information content (AvgIpc) is 3.17. The molecule has 0 saturated carbocycles. The van der Waals surface area contributed by atoms with Crippen LogP contribution in [-0.4, -0.2) is 68.8 Å². The first-order chi connectivity index (χ1) is 16.3. The van der Waals surface area contributed by atoms with Crippen LogP contribution in [0.1, 0.15) is 40.6 Å². The van der Waals surface area contributed by atoms with Crippen LogP contribution in [0.2, 0.25) is 5.02 Å². The third kappa shape index (κ3) is 5.46. The van der Waals surface area contributed by atoms with Crippen molar-refractivity contribution < 1.29 is 22.7 Å². The largest absolute Gasteiger partial charge is 0.462 e. The predicted molar refractivity (Wildman–Crippen MR) is 132 cm³/mol. The van der Waals surface area contributed by atoms with Gasteiger partial charge in [0, 0.05) is 36.1 Å².